The van der Waals surface area contributed by atoms with Gasteiger partial charge in [-0.05, 0) is 30.7 Å². The average molecular weight is 333 g/mol. The Labute approximate surface area is 136 Å². The summed E-state index contributed by atoms with van der Waals surface area (Å²) in [6, 6.07) is 12.3. The zero-order valence-electron chi connectivity index (χ0n) is 13.1. The Kier molecular flexibility index (Phi) is 4.28. The predicted molar refractivity (Wildman–Crippen MR) is 87.3 cm³/mol. The number of rotatable bonds is 4. The van der Waals surface area contributed by atoms with Crippen molar-refractivity contribution in [1.29, 1.82) is 0 Å². The van der Waals surface area contributed by atoms with Gasteiger partial charge in [-0.3, -0.25) is 0 Å². The Morgan fingerprint density at radius 2 is 2.00 bits per heavy atom. The number of hydrogen-bond donors (Lipinski definition) is 1. The van der Waals surface area contributed by atoms with E-state index in [2.05, 4.69) is 4.72 Å². The molecule has 1 atom stereocenters. The van der Waals surface area contributed by atoms with E-state index in [1.165, 1.54) is 7.11 Å². The summed E-state index contributed by atoms with van der Waals surface area (Å²) in [5.41, 5.74) is 1.72. The lowest BCUT2D eigenvalue weighted by molar-refractivity contribution is 0.263. The molecule has 1 N–H and O–H groups in total. The molecule has 0 fully saturated rings. The van der Waals surface area contributed by atoms with Gasteiger partial charge >= 0.3 is 0 Å². The monoisotopic (exact) mass is 333 g/mol. The van der Waals surface area contributed by atoms with Crippen LogP contribution in [0.2, 0.25) is 0 Å². The normalized spacial score (nSPS) is 17.2. The highest BCUT2D eigenvalue weighted by molar-refractivity contribution is 7.89. The van der Waals surface area contributed by atoms with Crippen LogP contribution < -0.4 is 14.2 Å². The minimum Gasteiger partial charge on any atom is -0.495 e. The molecule has 2 aromatic carbocycles. The first-order chi connectivity index (χ1) is 11.0. The van der Waals surface area contributed by atoms with Crippen molar-refractivity contribution in [3.63, 3.8) is 0 Å². The number of aryl methyl sites for hydroxylation is 1. The third-order valence-corrected chi connectivity index (χ3v) is 5.36. The Balaban J connectivity index is 1.96. The summed E-state index contributed by atoms with van der Waals surface area (Å²) in [5, 5.41) is 0. The van der Waals surface area contributed by atoms with Crippen LogP contribution in [-0.2, 0) is 10.0 Å². The molecule has 1 unspecified atom stereocenters. The van der Waals surface area contributed by atoms with Crippen molar-refractivity contribution in [1.82, 2.24) is 4.72 Å². The fraction of sp³-hybridized carbons (Fsp3) is 0.294. The van der Waals surface area contributed by atoms with Gasteiger partial charge in [0.05, 0.1) is 19.8 Å². The fourth-order valence-electron chi connectivity index (χ4n) is 2.71. The summed E-state index contributed by atoms with van der Waals surface area (Å²) in [5.74, 6) is 1.06. The molecule has 23 heavy (non-hydrogen) atoms. The number of para-hydroxylation sites is 1. The number of benzene rings is 2. The quantitative estimate of drug-likeness (QED) is 0.934. The molecule has 0 spiro atoms. The van der Waals surface area contributed by atoms with Gasteiger partial charge in [0, 0.05) is 12.0 Å². The van der Waals surface area contributed by atoms with Crippen molar-refractivity contribution in [2.24, 2.45) is 0 Å². The van der Waals surface area contributed by atoms with Gasteiger partial charge in [-0.15, -0.1) is 0 Å². The molecular weight excluding hydrogens is 314 g/mol. The van der Waals surface area contributed by atoms with Gasteiger partial charge < -0.3 is 9.47 Å². The molecule has 2 aromatic rings. The summed E-state index contributed by atoms with van der Waals surface area (Å²) in [4.78, 5) is 0.156. The highest BCUT2D eigenvalue weighted by Crippen LogP contribution is 2.34. The van der Waals surface area contributed by atoms with Crippen molar-refractivity contribution in [2.75, 3.05) is 13.7 Å². The second-order valence-corrected chi connectivity index (χ2v) is 7.19. The Hall–Kier alpha value is -2.05. The van der Waals surface area contributed by atoms with Crippen LogP contribution in [0.1, 0.15) is 23.6 Å². The van der Waals surface area contributed by atoms with Gasteiger partial charge in [0.1, 0.15) is 16.4 Å². The molecule has 0 amide bonds. The van der Waals surface area contributed by atoms with Crippen LogP contribution in [0.5, 0.6) is 11.5 Å². The van der Waals surface area contributed by atoms with E-state index >= 15 is 0 Å². The van der Waals surface area contributed by atoms with Crippen molar-refractivity contribution < 1.29 is 17.9 Å². The maximum atomic E-state index is 12.8. The summed E-state index contributed by atoms with van der Waals surface area (Å²) < 4.78 is 39.2. The molecule has 1 aliphatic heterocycles. The Bertz CT molecular complexity index is 817. The van der Waals surface area contributed by atoms with Crippen molar-refractivity contribution in [3.8, 4) is 11.5 Å². The Morgan fingerprint density at radius 1 is 1.22 bits per heavy atom. The van der Waals surface area contributed by atoms with Gasteiger partial charge in [0.15, 0.2) is 0 Å². The summed E-state index contributed by atoms with van der Waals surface area (Å²) in [6.07, 6.45) is 0.588. The van der Waals surface area contributed by atoms with E-state index in [9.17, 15) is 8.42 Å². The second-order valence-electron chi connectivity index (χ2n) is 5.50. The van der Waals surface area contributed by atoms with E-state index in [-0.39, 0.29) is 10.9 Å². The molecule has 3 rings (SSSR count). The highest BCUT2D eigenvalue weighted by atomic mass is 32.2. The lowest BCUT2D eigenvalue weighted by Gasteiger charge is -2.26. The molecule has 122 valence electrons. The molecular formula is C17H19NO4S. The first kappa shape index (κ1) is 15.8. The zero-order chi connectivity index (χ0) is 16.4. The number of sulfonamides is 1. The number of fused-ring (bicyclic) bond motifs is 1. The molecule has 6 heteroatoms. The summed E-state index contributed by atoms with van der Waals surface area (Å²) in [6.45, 7) is 2.33. The lowest BCUT2D eigenvalue weighted by Crippen LogP contribution is -2.32. The van der Waals surface area contributed by atoms with Crippen LogP contribution in [-0.4, -0.2) is 22.1 Å². The number of methoxy groups -OCH3 is 1. The van der Waals surface area contributed by atoms with Crippen molar-refractivity contribution in [3.05, 3.63) is 53.6 Å². The molecule has 0 aromatic heterocycles. The van der Waals surface area contributed by atoms with Crippen LogP contribution in [0, 0.1) is 6.92 Å². The van der Waals surface area contributed by atoms with E-state index in [4.69, 9.17) is 9.47 Å². The topological polar surface area (TPSA) is 64.6 Å². The summed E-state index contributed by atoms with van der Waals surface area (Å²) in [7, 11) is -2.23. The van der Waals surface area contributed by atoms with Gasteiger partial charge in [-0.25, -0.2) is 13.1 Å². The minimum absolute atomic E-state index is 0.156. The first-order valence-corrected chi connectivity index (χ1v) is 8.88. The predicted octanol–water partition coefficient (Wildman–Crippen LogP) is 2.81. The maximum Gasteiger partial charge on any atom is 0.244 e. The smallest absolute Gasteiger partial charge is 0.244 e. The van der Waals surface area contributed by atoms with Crippen LogP contribution in [0.4, 0.5) is 0 Å². The van der Waals surface area contributed by atoms with Gasteiger partial charge in [0.2, 0.25) is 10.0 Å². The minimum atomic E-state index is -3.70. The molecule has 0 radical (unpaired) electrons. The molecule has 0 saturated carbocycles. The summed E-state index contributed by atoms with van der Waals surface area (Å²) >= 11 is 0. The van der Waals surface area contributed by atoms with E-state index in [1.807, 2.05) is 37.3 Å². The fourth-order valence-corrected chi connectivity index (χ4v) is 4.21. The maximum absolute atomic E-state index is 12.8. The molecule has 0 saturated heterocycles. The molecule has 5 nitrogen and oxygen atoms in total. The SMILES string of the molecule is COc1ccc(C)cc1S(=O)(=O)NC1CCOc2ccccc21. The zero-order valence-corrected chi connectivity index (χ0v) is 13.9. The number of hydrogen-bond acceptors (Lipinski definition) is 4. The lowest BCUT2D eigenvalue weighted by atomic mass is 10.0. The van der Waals surface area contributed by atoms with E-state index in [1.54, 1.807) is 12.1 Å². The average Bonchev–Trinajstić information content (AvgIpc) is 2.55. The third-order valence-electron chi connectivity index (χ3n) is 3.86. The van der Waals surface area contributed by atoms with Crippen LogP contribution in [0.3, 0.4) is 0 Å². The van der Waals surface area contributed by atoms with Gasteiger partial charge in [-0.1, -0.05) is 24.3 Å². The van der Waals surface area contributed by atoms with Crippen LogP contribution in [0.15, 0.2) is 47.4 Å². The van der Waals surface area contributed by atoms with Crippen molar-refractivity contribution in [2.45, 2.75) is 24.3 Å². The second kappa shape index (κ2) is 6.22. The van der Waals surface area contributed by atoms with Crippen molar-refractivity contribution >= 4 is 10.0 Å². The largest absolute Gasteiger partial charge is 0.495 e. The van der Waals surface area contributed by atoms with E-state index < -0.39 is 10.0 Å². The Morgan fingerprint density at radius 3 is 2.78 bits per heavy atom. The highest BCUT2D eigenvalue weighted by Gasteiger charge is 2.28. The molecule has 1 heterocycles. The van der Waals surface area contributed by atoms with E-state index in [0.29, 0.717) is 18.8 Å². The number of nitrogens with one attached hydrogen (secondary N) is 1. The molecule has 1 aliphatic rings. The van der Waals surface area contributed by atoms with Crippen LogP contribution >= 0.6 is 0 Å². The van der Waals surface area contributed by atoms with Gasteiger partial charge in [0.25, 0.3) is 0 Å². The standard InChI is InChI=1S/C17H19NO4S/c1-12-7-8-16(21-2)17(11-12)23(19,20)18-14-9-10-22-15-6-4-3-5-13(14)15/h3-8,11,14,18H,9-10H2,1-2H3. The van der Waals surface area contributed by atoms with E-state index in [0.717, 1.165) is 16.9 Å². The molecule has 0 bridgehead atoms. The first-order valence-electron chi connectivity index (χ1n) is 7.40. The van der Waals surface area contributed by atoms with Gasteiger partial charge in [-0.2, -0.15) is 0 Å². The molecule has 0 aliphatic carbocycles. The van der Waals surface area contributed by atoms with Crippen LogP contribution in [0.25, 0.3) is 0 Å². The third kappa shape index (κ3) is 3.18. The number of ether oxygens (including phenoxy) is 2.